The lowest BCUT2D eigenvalue weighted by Gasteiger charge is -2.14. The largest absolute Gasteiger partial charge is 0.438 e. The van der Waals surface area contributed by atoms with Crippen LogP contribution >= 0.6 is 0 Å². The Kier molecular flexibility index (Phi) is 3.95. The summed E-state index contributed by atoms with van der Waals surface area (Å²) in [6.45, 7) is 5.72. The van der Waals surface area contributed by atoms with E-state index in [0.29, 0.717) is 17.4 Å². The Morgan fingerprint density at radius 3 is 2.58 bits per heavy atom. The van der Waals surface area contributed by atoms with Crippen molar-refractivity contribution in [2.75, 3.05) is 0 Å². The zero-order chi connectivity index (χ0) is 13.8. The van der Waals surface area contributed by atoms with Crippen molar-refractivity contribution in [3.8, 4) is 11.6 Å². The van der Waals surface area contributed by atoms with Crippen molar-refractivity contribution in [3.05, 3.63) is 53.7 Å². The zero-order valence-corrected chi connectivity index (χ0v) is 11.4. The summed E-state index contributed by atoms with van der Waals surface area (Å²) in [4.78, 5) is 15.7. The third kappa shape index (κ3) is 2.99. The highest BCUT2D eigenvalue weighted by atomic mass is 16.5. The molecule has 0 amide bonds. The molecule has 19 heavy (non-hydrogen) atoms. The minimum atomic E-state index is -0.0508. The van der Waals surface area contributed by atoms with E-state index in [2.05, 4.69) is 18.8 Å². The Labute approximate surface area is 113 Å². The van der Waals surface area contributed by atoms with Gasteiger partial charge in [0, 0.05) is 6.20 Å². The number of rotatable bonds is 4. The second kappa shape index (κ2) is 5.65. The van der Waals surface area contributed by atoms with Crippen LogP contribution in [0.1, 0.15) is 42.6 Å². The van der Waals surface area contributed by atoms with Crippen LogP contribution in [0.3, 0.4) is 0 Å². The molecule has 2 rings (SSSR count). The molecule has 0 saturated heterocycles. The molecule has 0 aliphatic heterocycles. The van der Waals surface area contributed by atoms with Crippen molar-refractivity contribution >= 4 is 5.78 Å². The lowest BCUT2D eigenvalue weighted by atomic mass is 10.0. The number of hydrogen-bond acceptors (Lipinski definition) is 3. The quantitative estimate of drug-likeness (QED) is 0.768. The maximum absolute atomic E-state index is 11.6. The van der Waals surface area contributed by atoms with Gasteiger partial charge < -0.3 is 4.74 Å². The molecule has 2 aromatic rings. The van der Waals surface area contributed by atoms with Crippen LogP contribution in [0.5, 0.6) is 11.6 Å². The van der Waals surface area contributed by atoms with E-state index in [-0.39, 0.29) is 5.78 Å². The number of pyridine rings is 1. The van der Waals surface area contributed by atoms with Gasteiger partial charge in [-0.05, 0) is 36.6 Å². The molecular formula is C16H17NO2. The molecule has 1 aromatic carbocycles. The molecule has 0 unspecified atom stereocenters. The molecule has 0 spiro atoms. The Balaban J connectivity index is 2.39. The van der Waals surface area contributed by atoms with Crippen molar-refractivity contribution in [1.29, 1.82) is 0 Å². The number of ether oxygens (including phenoxy) is 1. The van der Waals surface area contributed by atoms with Crippen molar-refractivity contribution < 1.29 is 9.53 Å². The first kappa shape index (κ1) is 13.3. The lowest BCUT2D eigenvalue weighted by molar-refractivity contribution is 0.101. The monoisotopic (exact) mass is 255 g/mol. The van der Waals surface area contributed by atoms with Gasteiger partial charge in [0.15, 0.2) is 5.78 Å². The van der Waals surface area contributed by atoms with Gasteiger partial charge in [0.05, 0.1) is 5.56 Å². The molecule has 0 atom stereocenters. The van der Waals surface area contributed by atoms with Gasteiger partial charge in [-0.25, -0.2) is 4.98 Å². The summed E-state index contributed by atoms with van der Waals surface area (Å²) >= 11 is 0. The number of carbonyl (C=O) groups is 1. The molecule has 0 saturated carbocycles. The van der Waals surface area contributed by atoms with Gasteiger partial charge in [-0.3, -0.25) is 4.79 Å². The van der Waals surface area contributed by atoms with Crippen molar-refractivity contribution in [1.82, 2.24) is 4.98 Å². The van der Waals surface area contributed by atoms with E-state index in [1.54, 1.807) is 18.3 Å². The summed E-state index contributed by atoms with van der Waals surface area (Å²) in [5.41, 5.74) is 1.60. The van der Waals surface area contributed by atoms with Crippen LogP contribution in [0.4, 0.5) is 0 Å². The summed E-state index contributed by atoms with van der Waals surface area (Å²) in [5.74, 6) is 1.41. The molecule has 3 heteroatoms. The minimum absolute atomic E-state index is 0.0508. The summed E-state index contributed by atoms with van der Waals surface area (Å²) < 4.78 is 5.83. The van der Waals surface area contributed by atoms with Gasteiger partial charge in [0.1, 0.15) is 5.75 Å². The van der Waals surface area contributed by atoms with E-state index >= 15 is 0 Å². The number of aromatic nitrogens is 1. The topological polar surface area (TPSA) is 39.2 Å². The summed E-state index contributed by atoms with van der Waals surface area (Å²) in [7, 11) is 0. The molecular weight excluding hydrogens is 238 g/mol. The van der Waals surface area contributed by atoms with E-state index in [1.807, 2.05) is 24.3 Å². The molecule has 0 aliphatic rings. The highest BCUT2D eigenvalue weighted by Crippen LogP contribution is 2.30. The second-order valence-corrected chi connectivity index (χ2v) is 4.71. The molecule has 1 aromatic heterocycles. The highest BCUT2D eigenvalue weighted by molar-refractivity contribution is 5.96. The van der Waals surface area contributed by atoms with Gasteiger partial charge in [0.2, 0.25) is 5.88 Å². The van der Waals surface area contributed by atoms with Crippen LogP contribution in [0, 0.1) is 0 Å². The highest BCUT2D eigenvalue weighted by Gasteiger charge is 2.13. The molecule has 0 aliphatic carbocycles. The maximum Gasteiger partial charge on any atom is 0.230 e. The van der Waals surface area contributed by atoms with E-state index in [9.17, 15) is 4.79 Å². The molecule has 0 fully saturated rings. The van der Waals surface area contributed by atoms with E-state index < -0.39 is 0 Å². The van der Waals surface area contributed by atoms with Crippen LogP contribution in [0.2, 0.25) is 0 Å². The molecule has 0 N–H and O–H groups in total. The van der Waals surface area contributed by atoms with Gasteiger partial charge in [0.25, 0.3) is 0 Å². The fourth-order valence-corrected chi connectivity index (χ4v) is 1.89. The fraction of sp³-hybridized carbons (Fsp3) is 0.250. The van der Waals surface area contributed by atoms with Crippen LogP contribution in [0.15, 0.2) is 42.6 Å². The average Bonchev–Trinajstić information content (AvgIpc) is 2.39. The smallest absolute Gasteiger partial charge is 0.230 e. The Hall–Kier alpha value is -2.16. The molecule has 0 radical (unpaired) electrons. The Morgan fingerprint density at radius 2 is 1.89 bits per heavy atom. The Morgan fingerprint density at radius 1 is 1.16 bits per heavy atom. The number of hydrogen-bond donors (Lipinski definition) is 0. The number of Topliss-reactive ketones (excluding diaryl/α,β-unsaturated/α-hetero) is 1. The van der Waals surface area contributed by atoms with Gasteiger partial charge in [-0.15, -0.1) is 0 Å². The molecule has 3 nitrogen and oxygen atoms in total. The normalized spacial score (nSPS) is 10.5. The number of nitrogens with zero attached hydrogens (tertiary/aromatic N) is 1. The zero-order valence-electron chi connectivity index (χ0n) is 11.4. The van der Waals surface area contributed by atoms with E-state index in [1.165, 1.54) is 6.92 Å². The molecule has 0 bridgehead atoms. The van der Waals surface area contributed by atoms with Crippen LogP contribution in [-0.4, -0.2) is 10.8 Å². The summed E-state index contributed by atoms with van der Waals surface area (Å²) in [6.07, 6.45) is 1.62. The average molecular weight is 255 g/mol. The standard InChI is InChI=1S/C16H17NO2/c1-11(2)13-7-4-5-9-15(13)19-16-14(12(3)18)8-6-10-17-16/h4-11H,1-3H3. The first-order valence-electron chi connectivity index (χ1n) is 6.32. The maximum atomic E-state index is 11.6. The van der Waals surface area contributed by atoms with Gasteiger partial charge in [-0.1, -0.05) is 32.0 Å². The predicted molar refractivity (Wildman–Crippen MR) is 74.8 cm³/mol. The minimum Gasteiger partial charge on any atom is -0.438 e. The number of ketones is 1. The summed E-state index contributed by atoms with van der Waals surface area (Å²) in [5, 5.41) is 0. The van der Waals surface area contributed by atoms with Gasteiger partial charge in [-0.2, -0.15) is 0 Å². The van der Waals surface area contributed by atoms with E-state index in [0.717, 1.165) is 11.3 Å². The fourth-order valence-electron chi connectivity index (χ4n) is 1.89. The van der Waals surface area contributed by atoms with Crippen LogP contribution < -0.4 is 4.74 Å². The number of para-hydroxylation sites is 1. The predicted octanol–water partition coefficient (Wildman–Crippen LogP) is 4.20. The lowest BCUT2D eigenvalue weighted by Crippen LogP contribution is -2.01. The SMILES string of the molecule is CC(=O)c1cccnc1Oc1ccccc1C(C)C. The van der Waals surface area contributed by atoms with Crippen molar-refractivity contribution in [2.24, 2.45) is 0 Å². The molecule has 98 valence electrons. The second-order valence-electron chi connectivity index (χ2n) is 4.71. The molecule has 1 heterocycles. The van der Waals surface area contributed by atoms with Crippen molar-refractivity contribution in [3.63, 3.8) is 0 Å². The first-order chi connectivity index (χ1) is 9.09. The van der Waals surface area contributed by atoms with Gasteiger partial charge >= 0.3 is 0 Å². The third-order valence-electron chi connectivity index (χ3n) is 2.90. The van der Waals surface area contributed by atoms with Crippen LogP contribution in [0.25, 0.3) is 0 Å². The van der Waals surface area contributed by atoms with Crippen LogP contribution in [-0.2, 0) is 0 Å². The van der Waals surface area contributed by atoms with Crippen molar-refractivity contribution in [2.45, 2.75) is 26.7 Å². The summed E-state index contributed by atoms with van der Waals surface area (Å²) in [6, 6.07) is 11.3. The van der Waals surface area contributed by atoms with E-state index in [4.69, 9.17) is 4.74 Å². The Bertz CT molecular complexity index is 591. The number of carbonyl (C=O) groups excluding carboxylic acids is 1. The number of benzene rings is 1. The third-order valence-corrected chi connectivity index (χ3v) is 2.90. The first-order valence-corrected chi connectivity index (χ1v) is 6.32.